The summed E-state index contributed by atoms with van der Waals surface area (Å²) in [5.41, 5.74) is 2.05. The summed E-state index contributed by atoms with van der Waals surface area (Å²) in [4.78, 5) is 26.7. The number of ether oxygens (including phenoxy) is 1. The molecule has 0 aliphatic heterocycles. The summed E-state index contributed by atoms with van der Waals surface area (Å²) >= 11 is 0. The Morgan fingerprint density at radius 3 is 2.45 bits per heavy atom. The Morgan fingerprint density at radius 1 is 1.20 bits per heavy atom. The molecule has 1 aromatic heterocycles. The van der Waals surface area contributed by atoms with Gasteiger partial charge in [0.05, 0.1) is 0 Å². The zero-order valence-electron chi connectivity index (χ0n) is 11.6. The van der Waals surface area contributed by atoms with Crippen molar-refractivity contribution < 1.29 is 14.3 Å². The molecule has 0 saturated carbocycles. The van der Waals surface area contributed by atoms with Crippen molar-refractivity contribution in [3.05, 3.63) is 59.4 Å². The Morgan fingerprint density at radius 2 is 1.90 bits per heavy atom. The fourth-order valence-electron chi connectivity index (χ4n) is 1.87. The van der Waals surface area contributed by atoms with Gasteiger partial charge in [0.25, 0.3) is 0 Å². The van der Waals surface area contributed by atoms with E-state index in [4.69, 9.17) is 4.74 Å². The number of esters is 1. The summed E-state index contributed by atoms with van der Waals surface area (Å²) in [6, 6.07) is 10.7. The van der Waals surface area contributed by atoms with E-state index in [9.17, 15) is 9.59 Å². The number of rotatable bonds is 5. The first-order chi connectivity index (χ1) is 9.61. The molecule has 0 bridgehead atoms. The molecule has 2 aromatic rings. The highest BCUT2D eigenvalue weighted by atomic mass is 16.5. The molecule has 0 unspecified atom stereocenters. The molecule has 1 atom stereocenters. The first kappa shape index (κ1) is 14.1. The molecule has 1 aromatic carbocycles. The van der Waals surface area contributed by atoms with Crippen LogP contribution in [0.1, 0.15) is 40.3 Å². The zero-order valence-corrected chi connectivity index (χ0v) is 11.6. The Kier molecular flexibility index (Phi) is 4.35. The van der Waals surface area contributed by atoms with E-state index < -0.39 is 12.1 Å². The van der Waals surface area contributed by atoms with E-state index in [1.54, 1.807) is 37.4 Å². The first-order valence-corrected chi connectivity index (χ1v) is 6.59. The van der Waals surface area contributed by atoms with E-state index in [1.165, 1.54) is 0 Å². The van der Waals surface area contributed by atoms with Crippen LogP contribution in [0.3, 0.4) is 0 Å². The molecular weight excluding hydrogens is 254 g/mol. The molecule has 0 aliphatic rings. The van der Waals surface area contributed by atoms with Crippen molar-refractivity contribution in [1.29, 1.82) is 0 Å². The molecule has 0 saturated heterocycles. The average Bonchev–Trinajstić information content (AvgIpc) is 3.01. The van der Waals surface area contributed by atoms with Gasteiger partial charge in [0.15, 0.2) is 6.10 Å². The van der Waals surface area contributed by atoms with Crippen molar-refractivity contribution >= 4 is 11.8 Å². The molecule has 2 rings (SSSR count). The van der Waals surface area contributed by atoms with Gasteiger partial charge < -0.3 is 9.72 Å². The number of aryl methyl sites for hydroxylation is 1. The van der Waals surface area contributed by atoms with Crippen LogP contribution in [0.15, 0.2) is 42.6 Å². The maximum absolute atomic E-state index is 12.2. The van der Waals surface area contributed by atoms with Crippen LogP contribution >= 0.6 is 0 Å². The van der Waals surface area contributed by atoms with E-state index in [-0.39, 0.29) is 5.78 Å². The Labute approximate surface area is 117 Å². The monoisotopic (exact) mass is 271 g/mol. The lowest BCUT2D eigenvalue weighted by atomic mass is 10.0. The Bertz CT molecular complexity index is 585. The normalized spacial score (nSPS) is 11.9. The van der Waals surface area contributed by atoms with E-state index in [1.807, 2.05) is 12.1 Å². The maximum atomic E-state index is 12.2. The number of carbonyl (C=O) groups excluding carboxylic acids is 2. The number of benzene rings is 1. The van der Waals surface area contributed by atoms with Crippen LogP contribution in [-0.2, 0) is 11.2 Å². The minimum Gasteiger partial charge on any atom is -0.450 e. The second-order valence-electron chi connectivity index (χ2n) is 4.55. The summed E-state index contributed by atoms with van der Waals surface area (Å²) in [5, 5.41) is 0. The second kappa shape index (κ2) is 6.19. The lowest BCUT2D eigenvalue weighted by Crippen LogP contribution is -2.24. The molecule has 1 N–H and O–H groups in total. The molecule has 1 heterocycles. The number of aromatic amines is 1. The van der Waals surface area contributed by atoms with Crippen LogP contribution in [-0.4, -0.2) is 22.8 Å². The van der Waals surface area contributed by atoms with E-state index in [0.717, 1.165) is 12.0 Å². The molecule has 104 valence electrons. The fourth-order valence-corrected chi connectivity index (χ4v) is 1.87. The smallest absolute Gasteiger partial charge is 0.355 e. The molecule has 0 spiro atoms. The van der Waals surface area contributed by atoms with Crippen molar-refractivity contribution in [2.75, 3.05) is 0 Å². The van der Waals surface area contributed by atoms with Gasteiger partial charge >= 0.3 is 5.97 Å². The second-order valence-corrected chi connectivity index (χ2v) is 4.55. The van der Waals surface area contributed by atoms with Gasteiger partial charge in [0, 0.05) is 11.8 Å². The summed E-state index contributed by atoms with van der Waals surface area (Å²) < 4.78 is 5.15. The van der Waals surface area contributed by atoms with Crippen LogP contribution in [0.25, 0.3) is 0 Å². The number of hydrogen-bond donors (Lipinski definition) is 1. The number of ketones is 1. The summed E-state index contributed by atoms with van der Waals surface area (Å²) in [6.45, 7) is 3.63. The molecule has 4 nitrogen and oxygen atoms in total. The Hall–Kier alpha value is -2.36. The van der Waals surface area contributed by atoms with E-state index in [2.05, 4.69) is 11.9 Å². The zero-order chi connectivity index (χ0) is 14.5. The molecule has 4 heteroatoms. The maximum Gasteiger partial charge on any atom is 0.355 e. The standard InChI is InChI=1S/C16H17NO3/c1-3-12-6-8-13(9-7-12)15(18)11(2)20-16(19)14-5-4-10-17-14/h4-11,17H,3H2,1-2H3/t11-/m0/s1. The van der Waals surface area contributed by atoms with Crippen molar-refractivity contribution in [1.82, 2.24) is 4.98 Å². The minimum absolute atomic E-state index is 0.201. The predicted molar refractivity (Wildman–Crippen MR) is 75.8 cm³/mol. The van der Waals surface area contributed by atoms with Gasteiger partial charge in [-0.1, -0.05) is 31.2 Å². The summed E-state index contributed by atoms with van der Waals surface area (Å²) in [6.07, 6.45) is 1.75. The number of hydrogen-bond acceptors (Lipinski definition) is 3. The lowest BCUT2D eigenvalue weighted by Gasteiger charge is -2.12. The number of aromatic nitrogens is 1. The molecule has 0 amide bonds. The molecular formula is C16H17NO3. The third kappa shape index (κ3) is 3.15. The van der Waals surface area contributed by atoms with Gasteiger partial charge in [-0.05, 0) is 31.0 Å². The summed E-state index contributed by atoms with van der Waals surface area (Å²) in [7, 11) is 0. The van der Waals surface area contributed by atoms with Crippen LogP contribution < -0.4 is 0 Å². The summed E-state index contributed by atoms with van der Waals surface area (Å²) in [5.74, 6) is -0.728. The molecule has 0 radical (unpaired) electrons. The molecule has 20 heavy (non-hydrogen) atoms. The number of carbonyl (C=O) groups is 2. The van der Waals surface area contributed by atoms with Gasteiger partial charge in [-0.2, -0.15) is 0 Å². The van der Waals surface area contributed by atoms with Crippen molar-refractivity contribution in [3.8, 4) is 0 Å². The van der Waals surface area contributed by atoms with Crippen LogP contribution in [0.2, 0.25) is 0 Å². The molecule has 0 aliphatic carbocycles. The topological polar surface area (TPSA) is 59.2 Å². The van der Waals surface area contributed by atoms with Crippen LogP contribution in [0.4, 0.5) is 0 Å². The minimum atomic E-state index is -0.807. The van der Waals surface area contributed by atoms with E-state index >= 15 is 0 Å². The van der Waals surface area contributed by atoms with Gasteiger partial charge in [-0.25, -0.2) is 4.79 Å². The van der Waals surface area contributed by atoms with Crippen molar-refractivity contribution in [3.63, 3.8) is 0 Å². The van der Waals surface area contributed by atoms with Crippen molar-refractivity contribution in [2.45, 2.75) is 26.4 Å². The Balaban J connectivity index is 2.02. The first-order valence-electron chi connectivity index (χ1n) is 6.59. The third-order valence-electron chi connectivity index (χ3n) is 3.12. The van der Waals surface area contributed by atoms with Gasteiger partial charge in [-0.3, -0.25) is 4.79 Å². The number of Topliss-reactive ketones (excluding diaryl/α,β-unsaturated/α-hetero) is 1. The average molecular weight is 271 g/mol. The highest BCUT2D eigenvalue weighted by Crippen LogP contribution is 2.11. The SMILES string of the molecule is CCc1ccc(C(=O)[C@H](C)OC(=O)c2ccc[nH]2)cc1. The van der Waals surface area contributed by atoms with Crippen LogP contribution in [0.5, 0.6) is 0 Å². The van der Waals surface area contributed by atoms with E-state index in [0.29, 0.717) is 11.3 Å². The predicted octanol–water partition coefficient (Wildman–Crippen LogP) is 3.01. The largest absolute Gasteiger partial charge is 0.450 e. The number of H-pyrrole nitrogens is 1. The fraction of sp³-hybridized carbons (Fsp3) is 0.250. The molecule has 0 fully saturated rings. The highest BCUT2D eigenvalue weighted by molar-refractivity contribution is 6.01. The van der Waals surface area contributed by atoms with Crippen LogP contribution in [0, 0.1) is 0 Å². The van der Waals surface area contributed by atoms with Gasteiger partial charge in [0.2, 0.25) is 5.78 Å². The van der Waals surface area contributed by atoms with Crippen molar-refractivity contribution in [2.24, 2.45) is 0 Å². The lowest BCUT2D eigenvalue weighted by molar-refractivity contribution is 0.0314. The highest BCUT2D eigenvalue weighted by Gasteiger charge is 2.20. The van der Waals surface area contributed by atoms with Gasteiger partial charge in [-0.15, -0.1) is 0 Å². The number of nitrogens with one attached hydrogen (secondary N) is 1. The quantitative estimate of drug-likeness (QED) is 0.671. The third-order valence-corrected chi connectivity index (χ3v) is 3.12. The van der Waals surface area contributed by atoms with Gasteiger partial charge in [0.1, 0.15) is 5.69 Å².